The number of allylic oxidation sites excluding steroid dienone is 1. The lowest BCUT2D eigenvalue weighted by Gasteiger charge is -2.30. The van der Waals surface area contributed by atoms with Gasteiger partial charge in [0.25, 0.3) is 15.9 Å². The van der Waals surface area contributed by atoms with Crippen LogP contribution in [0.15, 0.2) is 53.6 Å². The predicted molar refractivity (Wildman–Crippen MR) is 197 cm³/mol. The summed E-state index contributed by atoms with van der Waals surface area (Å²) in [7, 11) is -3.07. The van der Waals surface area contributed by atoms with Crippen LogP contribution in [0.4, 0.5) is 14.0 Å². The predicted octanol–water partition coefficient (Wildman–Crippen LogP) is 3.44. The second kappa shape index (κ2) is 16.1. The number of sulfonamides is 1. The van der Waals surface area contributed by atoms with Gasteiger partial charge in [0.05, 0.1) is 26.4 Å². The summed E-state index contributed by atoms with van der Waals surface area (Å²) in [5, 5.41) is 5.41. The maximum absolute atomic E-state index is 14.5. The zero-order valence-electron chi connectivity index (χ0n) is 31.7. The van der Waals surface area contributed by atoms with Gasteiger partial charge in [-0.05, 0) is 64.2 Å². The molecule has 1 aliphatic carbocycles. The quantitative estimate of drug-likeness (QED) is 0.362. The molecular formula is C38H47FN6O10S. The number of hydrogen-bond acceptors (Lipinski definition) is 11. The van der Waals surface area contributed by atoms with Crippen LogP contribution in [0, 0.1) is 11.7 Å². The fourth-order valence-electron chi connectivity index (χ4n) is 7.26. The number of methoxy groups -OCH3 is 1. The van der Waals surface area contributed by atoms with E-state index in [9.17, 15) is 36.8 Å². The Bertz CT molecular complexity index is 2010. The van der Waals surface area contributed by atoms with E-state index in [1.807, 2.05) is 6.08 Å². The van der Waals surface area contributed by atoms with Crippen LogP contribution in [-0.2, 0) is 47.0 Å². The minimum Gasteiger partial charge on any atom is -0.481 e. The summed E-state index contributed by atoms with van der Waals surface area (Å²) < 4.78 is 59.4. The van der Waals surface area contributed by atoms with Gasteiger partial charge in [-0.3, -0.25) is 19.3 Å². The van der Waals surface area contributed by atoms with Crippen molar-refractivity contribution in [3.63, 3.8) is 0 Å². The Morgan fingerprint density at radius 2 is 1.86 bits per heavy atom. The van der Waals surface area contributed by atoms with Gasteiger partial charge < -0.3 is 29.7 Å². The van der Waals surface area contributed by atoms with E-state index < -0.39 is 81.0 Å². The average Bonchev–Trinajstić information content (AvgIpc) is 3.42. The molecule has 1 aromatic heterocycles. The molecule has 4 aliphatic rings. The smallest absolute Gasteiger partial charge is 0.410 e. The number of halogens is 1. The molecule has 0 unspecified atom stereocenters. The molecule has 56 heavy (non-hydrogen) atoms. The number of pyridine rings is 1. The van der Waals surface area contributed by atoms with Crippen molar-refractivity contribution in [1.29, 1.82) is 0 Å². The third kappa shape index (κ3) is 9.06. The van der Waals surface area contributed by atoms with Crippen molar-refractivity contribution in [2.24, 2.45) is 5.92 Å². The Kier molecular flexibility index (Phi) is 11.6. The number of fused-ring (bicyclic) bond motifs is 3. The van der Waals surface area contributed by atoms with Crippen molar-refractivity contribution < 1.29 is 51.0 Å². The van der Waals surface area contributed by atoms with E-state index in [2.05, 4.69) is 20.3 Å². The number of nitrogens with one attached hydrogen (secondary N) is 3. The van der Waals surface area contributed by atoms with Gasteiger partial charge in [-0.2, -0.15) is 0 Å². The summed E-state index contributed by atoms with van der Waals surface area (Å²) in [5.41, 5.74) is -1.55. The van der Waals surface area contributed by atoms with Crippen LogP contribution in [0.5, 0.6) is 5.88 Å². The first-order valence-corrected chi connectivity index (χ1v) is 20.1. The van der Waals surface area contributed by atoms with Crippen LogP contribution < -0.4 is 20.1 Å². The first kappa shape index (κ1) is 40.4. The van der Waals surface area contributed by atoms with Gasteiger partial charge >= 0.3 is 12.2 Å². The highest BCUT2D eigenvalue weighted by Gasteiger charge is 2.62. The molecule has 4 heterocycles. The van der Waals surface area contributed by atoms with Gasteiger partial charge in [-0.1, -0.05) is 37.1 Å². The summed E-state index contributed by atoms with van der Waals surface area (Å²) in [6.07, 6.45) is 4.77. The highest BCUT2D eigenvalue weighted by molar-refractivity contribution is 7.90. The maximum Gasteiger partial charge on any atom is 0.410 e. The third-order valence-corrected chi connectivity index (χ3v) is 11.6. The van der Waals surface area contributed by atoms with E-state index >= 15 is 0 Å². The molecule has 0 radical (unpaired) electrons. The maximum atomic E-state index is 14.5. The van der Waals surface area contributed by atoms with Crippen LogP contribution in [0.2, 0.25) is 0 Å². The minimum atomic E-state index is -4.44. The van der Waals surface area contributed by atoms with Crippen molar-refractivity contribution in [2.45, 2.75) is 113 Å². The normalized spacial score (nSPS) is 25.9. The van der Waals surface area contributed by atoms with Crippen molar-refractivity contribution in [3.8, 4) is 5.88 Å². The second-order valence-corrected chi connectivity index (χ2v) is 17.2. The van der Waals surface area contributed by atoms with Gasteiger partial charge in [0.1, 0.15) is 40.0 Å². The molecular weight excluding hydrogens is 752 g/mol. The average molecular weight is 799 g/mol. The SMILES string of the molecule is COc1ccc(S(=O)(=O)NC(=O)[C@@]23C[C@H]2/C=C\CCCCC[C@H](NC(=O)OC(C)(C)C)C(=O)N2C[C@H](OC(=O)N4Cc5cccc(F)c5C4)C[C@H]2C(=O)N3)cn1. The minimum absolute atomic E-state index is 0.0238. The molecule has 0 bridgehead atoms. The van der Waals surface area contributed by atoms with Gasteiger partial charge in [-0.15, -0.1) is 0 Å². The zero-order valence-corrected chi connectivity index (χ0v) is 32.5. The molecule has 18 heteroatoms. The molecule has 2 fully saturated rings. The van der Waals surface area contributed by atoms with Gasteiger partial charge in [0.2, 0.25) is 17.7 Å². The van der Waals surface area contributed by atoms with E-state index in [-0.39, 0.29) is 49.7 Å². The Labute approximate surface area is 324 Å². The molecule has 1 aromatic carbocycles. The van der Waals surface area contributed by atoms with Crippen LogP contribution in [0.1, 0.15) is 76.8 Å². The second-order valence-electron chi connectivity index (χ2n) is 15.5. The zero-order chi connectivity index (χ0) is 40.4. The topological polar surface area (TPSA) is 203 Å². The van der Waals surface area contributed by atoms with Crippen molar-refractivity contribution >= 4 is 39.9 Å². The van der Waals surface area contributed by atoms with E-state index in [0.717, 1.165) is 12.6 Å². The molecule has 3 aliphatic heterocycles. The van der Waals surface area contributed by atoms with Gasteiger partial charge in [0.15, 0.2) is 0 Å². The van der Waals surface area contributed by atoms with Crippen LogP contribution >= 0.6 is 0 Å². The Morgan fingerprint density at radius 1 is 1.07 bits per heavy atom. The number of hydrogen-bond donors (Lipinski definition) is 3. The summed E-state index contributed by atoms with van der Waals surface area (Å²) >= 11 is 0. The molecule has 5 atom stereocenters. The first-order valence-electron chi connectivity index (χ1n) is 18.6. The van der Waals surface area contributed by atoms with Crippen molar-refractivity contribution in [3.05, 3.63) is 65.6 Å². The lowest BCUT2D eigenvalue weighted by atomic mass is 10.0. The summed E-state index contributed by atoms with van der Waals surface area (Å²) in [4.78, 5) is 75.1. The Morgan fingerprint density at radius 3 is 2.55 bits per heavy atom. The van der Waals surface area contributed by atoms with Gasteiger partial charge in [-0.25, -0.2) is 32.1 Å². The summed E-state index contributed by atoms with van der Waals surface area (Å²) in [6.45, 7) is 4.90. The van der Waals surface area contributed by atoms with Crippen LogP contribution in [-0.4, -0.2) is 96.1 Å². The fourth-order valence-corrected chi connectivity index (χ4v) is 8.24. The number of rotatable bonds is 6. The molecule has 6 rings (SSSR count). The fraction of sp³-hybridized carbons (Fsp3) is 0.526. The van der Waals surface area contributed by atoms with E-state index in [4.69, 9.17) is 14.2 Å². The molecule has 1 saturated heterocycles. The Hall–Kier alpha value is -5.26. The van der Waals surface area contributed by atoms with E-state index in [0.29, 0.717) is 30.4 Å². The number of nitrogens with zero attached hydrogens (tertiary/aromatic N) is 3. The van der Waals surface area contributed by atoms with E-state index in [1.54, 1.807) is 39.0 Å². The molecule has 3 N–H and O–H groups in total. The Balaban J connectivity index is 1.26. The molecule has 302 valence electrons. The molecule has 0 spiro atoms. The van der Waals surface area contributed by atoms with Crippen LogP contribution in [0.25, 0.3) is 0 Å². The third-order valence-electron chi connectivity index (χ3n) is 10.2. The highest BCUT2D eigenvalue weighted by Crippen LogP contribution is 2.46. The standard InChI is InChI=1S/C38H47FN6O10S/c1-37(2,3)55-35(49)41-29-14-9-7-5-6-8-12-24-18-38(24,34(48)43-56(51,52)26-15-16-31(53-4)40-19-26)42-32(46)30-17-25(21-45(30)33(29)47)54-36(50)44-20-23-11-10-13-28(39)27(23)22-44/h8,10-13,15-16,19,24-25,29-30H,5-7,9,14,17-18,20-22H2,1-4H3,(H,41,49)(H,42,46)(H,43,48)/b12-8-/t24-,25-,29+,30+,38-/m1/s1. The highest BCUT2D eigenvalue weighted by atomic mass is 32.2. The number of alkyl carbamates (subject to hydrolysis) is 1. The number of aromatic nitrogens is 1. The lowest BCUT2D eigenvalue weighted by Crippen LogP contribution is -2.58. The molecule has 2 aromatic rings. The van der Waals surface area contributed by atoms with Crippen LogP contribution in [0.3, 0.4) is 0 Å². The van der Waals surface area contributed by atoms with Gasteiger partial charge in [0, 0.05) is 30.5 Å². The first-order chi connectivity index (χ1) is 26.5. The van der Waals surface area contributed by atoms with E-state index in [1.165, 1.54) is 35.1 Å². The van der Waals surface area contributed by atoms with Crippen molar-refractivity contribution in [1.82, 2.24) is 30.1 Å². The lowest BCUT2D eigenvalue weighted by molar-refractivity contribution is -0.141. The number of carbonyl (C=O) groups is 5. The van der Waals surface area contributed by atoms with Crippen molar-refractivity contribution in [2.75, 3.05) is 13.7 Å². The molecule has 1 saturated carbocycles. The number of carbonyl (C=O) groups excluding carboxylic acids is 5. The molecule has 5 amide bonds. The molecule has 16 nitrogen and oxygen atoms in total. The monoisotopic (exact) mass is 798 g/mol. The number of benzene rings is 1. The summed E-state index contributed by atoms with van der Waals surface area (Å²) in [5.74, 6) is -3.25. The number of amides is 5. The number of ether oxygens (including phenoxy) is 3. The largest absolute Gasteiger partial charge is 0.481 e. The summed E-state index contributed by atoms with van der Waals surface area (Å²) in [6, 6.07) is 4.72.